The lowest BCUT2D eigenvalue weighted by Gasteiger charge is -2.23. The average molecular weight is 511 g/mol. The minimum Gasteiger partial charge on any atom is -0.493 e. The van der Waals surface area contributed by atoms with E-state index in [1.54, 1.807) is 25.3 Å². The van der Waals surface area contributed by atoms with E-state index in [9.17, 15) is 4.79 Å². The lowest BCUT2D eigenvalue weighted by atomic mass is 10.1. The molecule has 0 aliphatic heterocycles. The lowest BCUT2D eigenvalue weighted by molar-refractivity contribution is 0.0741. The van der Waals surface area contributed by atoms with Crippen LogP contribution in [0.4, 0.5) is 0 Å². The van der Waals surface area contributed by atoms with Gasteiger partial charge in [0.05, 0.1) is 7.11 Å². The molecule has 6 heteroatoms. The van der Waals surface area contributed by atoms with Crippen molar-refractivity contribution < 1.29 is 19.0 Å². The van der Waals surface area contributed by atoms with Gasteiger partial charge in [0.1, 0.15) is 19.0 Å². The summed E-state index contributed by atoms with van der Waals surface area (Å²) in [5.74, 6) is 1.77. The Bertz CT molecular complexity index is 1300. The van der Waals surface area contributed by atoms with Crippen molar-refractivity contribution in [2.24, 2.45) is 5.73 Å². The van der Waals surface area contributed by atoms with E-state index in [1.165, 1.54) is 0 Å². The third-order valence-electron chi connectivity index (χ3n) is 6.09. The highest BCUT2D eigenvalue weighted by Gasteiger charge is 2.19. The molecular formula is C32H34N2O4. The highest BCUT2D eigenvalue weighted by molar-refractivity contribution is 5.95. The molecule has 0 radical (unpaired) electrons. The van der Waals surface area contributed by atoms with Crippen LogP contribution < -0.4 is 19.9 Å². The summed E-state index contributed by atoms with van der Waals surface area (Å²) in [7, 11) is 1.58. The molecule has 0 bridgehead atoms. The molecule has 0 atom stereocenters. The van der Waals surface area contributed by atoms with Gasteiger partial charge in [-0.1, -0.05) is 72.8 Å². The molecule has 0 unspecified atom stereocenters. The third-order valence-corrected chi connectivity index (χ3v) is 6.09. The van der Waals surface area contributed by atoms with Gasteiger partial charge >= 0.3 is 0 Å². The summed E-state index contributed by atoms with van der Waals surface area (Å²) in [6.45, 7) is 2.38. The molecule has 6 nitrogen and oxygen atoms in total. The van der Waals surface area contributed by atoms with E-state index in [1.807, 2.05) is 89.8 Å². The predicted octanol–water partition coefficient (Wildman–Crippen LogP) is 5.84. The second kappa shape index (κ2) is 13.9. The summed E-state index contributed by atoms with van der Waals surface area (Å²) in [5.41, 5.74) is 9.45. The third kappa shape index (κ3) is 7.60. The van der Waals surface area contributed by atoms with Crippen molar-refractivity contribution in [2.45, 2.75) is 26.2 Å². The number of methoxy groups -OCH3 is 1. The maximum absolute atomic E-state index is 13.6. The van der Waals surface area contributed by atoms with Gasteiger partial charge in [0.25, 0.3) is 5.91 Å². The first-order valence-electron chi connectivity index (χ1n) is 12.8. The van der Waals surface area contributed by atoms with Crippen LogP contribution in [0.2, 0.25) is 0 Å². The molecule has 38 heavy (non-hydrogen) atoms. The normalized spacial score (nSPS) is 10.6. The Kier molecular flexibility index (Phi) is 9.76. The lowest BCUT2D eigenvalue weighted by Crippen LogP contribution is -2.32. The van der Waals surface area contributed by atoms with E-state index in [4.69, 9.17) is 19.9 Å². The number of hydrogen-bond acceptors (Lipinski definition) is 5. The van der Waals surface area contributed by atoms with Crippen molar-refractivity contribution >= 4 is 5.91 Å². The maximum Gasteiger partial charge on any atom is 0.254 e. The number of nitrogens with two attached hydrogens (primary N) is 1. The highest BCUT2D eigenvalue weighted by Crippen LogP contribution is 2.30. The monoisotopic (exact) mass is 510 g/mol. The summed E-state index contributed by atoms with van der Waals surface area (Å²) < 4.78 is 17.5. The number of amides is 1. The molecule has 2 N–H and O–H groups in total. The van der Waals surface area contributed by atoms with Gasteiger partial charge in [0, 0.05) is 18.7 Å². The van der Waals surface area contributed by atoms with Crippen LogP contribution >= 0.6 is 0 Å². The minimum absolute atomic E-state index is 0.0954. The molecule has 0 aromatic heterocycles. The zero-order valence-corrected chi connectivity index (χ0v) is 21.7. The Morgan fingerprint density at radius 1 is 0.737 bits per heavy atom. The number of carbonyl (C=O) groups excluding carboxylic acids is 1. The van der Waals surface area contributed by atoms with Crippen LogP contribution in [0, 0.1) is 0 Å². The molecule has 0 aliphatic rings. The minimum atomic E-state index is -0.0954. The molecule has 0 aliphatic carbocycles. The van der Waals surface area contributed by atoms with Gasteiger partial charge in [-0.05, 0) is 60.0 Å². The van der Waals surface area contributed by atoms with Crippen LogP contribution in [0.5, 0.6) is 17.2 Å². The zero-order chi connectivity index (χ0) is 26.6. The highest BCUT2D eigenvalue weighted by atomic mass is 16.5. The number of benzene rings is 4. The van der Waals surface area contributed by atoms with Crippen molar-refractivity contribution in [1.82, 2.24) is 4.90 Å². The Balaban J connectivity index is 1.45. The van der Waals surface area contributed by atoms with E-state index in [-0.39, 0.29) is 5.91 Å². The molecule has 0 spiro atoms. The molecule has 4 aromatic carbocycles. The van der Waals surface area contributed by atoms with E-state index < -0.39 is 0 Å². The van der Waals surface area contributed by atoms with Crippen LogP contribution in [-0.2, 0) is 19.8 Å². The Hall–Kier alpha value is -4.29. The molecule has 0 saturated heterocycles. The molecule has 0 heterocycles. The number of hydrogen-bond donors (Lipinski definition) is 1. The fraction of sp³-hybridized carbons (Fsp3) is 0.219. The predicted molar refractivity (Wildman–Crippen MR) is 149 cm³/mol. The molecule has 4 aromatic rings. The number of rotatable bonds is 13. The first-order valence-corrected chi connectivity index (χ1v) is 12.8. The molecule has 4 rings (SSSR count). The summed E-state index contributed by atoms with van der Waals surface area (Å²) in [5, 5.41) is 0. The van der Waals surface area contributed by atoms with Gasteiger partial charge in [0.15, 0.2) is 11.5 Å². The van der Waals surface area contributed by atoms with Crippen LogP contribution in [0.25, 0.3) is 0 Å². The fourth-order valence-corrected chi connectivity index (χ4v) is 4.07. The quantitative estimate of drug-likeness (QED) is 0.244. The standard InChI is InChI=1S/C32H34N2O4/c1-36-31-21-28(16-17-30(31)38-24-26-12-6-3-7-13-26)32(35)34(19-9-18-33)22-27-14-8-15-29(20-27)37-23-25-10-4-2-5-11-25/h2-8,10-17,20-21H,9,18-19,22-24,33H2,1H3. The Morgan fingerprint density at radius 2 is 1.39 bits per heavy atom. The van der Waals surface area contributed by atoms with Crippen molar-refractivity contribution in [3.05, 3.63) is 125 Å². The van der Waals surface area contributed by atoms with Crippen molar-refractivity contribution in [3.8, 4) is 17.2 Å². The number of ether oxygens (including phenoxy) is 3. The van der Waals surface area contributed by atoms with Crippen molar-refractivity contribution in [2.75, 3.05) is 20.2 Å². The van der Waals surface area contributed by atoms with Gasteiger partial charge < -0.3 is 24.8 Å². The summed E-state index contributed by atoms with van der Waals surface area (Å²) in [6, 6.07) is 33.1. The maximum atomic E-state index is 13.6. The topological polar surface area (TPSA) is 74.0 Å². The van der Waals surface area contributed by atoms with Crippen LogP contribution in [0.1, 0.15) is 33.5 Å². The van der Waals surface area contributed by atoms with E-state index in [0.717, 1.165) is 22.4 Å². The second-order valence-electron chi connectivity index (χ2n) is 8.93. The van der Waals surface area contributed by atoms with Crippen LogP contribution in [0.15, 0.2) is 103 Å². The molecule has 196 valence electrons. The number of nitrogens with zero attached hydrogens (tertiary/aromatic N) is 1. The van der Waals surface area contributed by atoms with Gasteiger partial charge in [-0.25, -0.2) is 0 Å². The molecule has 1 amide bonds. The van der Waals surface area contributed by atoms with Crippen molar-refractivity contribution in [1.29, 1.82) is 0 Å². The van der Waals surface area contributed by atoms with E-state index in [0.29, 0.717) is 56.3 Å². The molecule has 0 saturated carbocycles. The van der Waals surface area contributed by atoms with E-state index in [2.05, 4.69) is 0 Å². The zero-order valence-electron chi connectivity index (χ0n) is 21.7. The SMILES string of the molecule is COc1cc(C(=O)N(CCCN)Cc2cccc(OCc3ccccc3)c2)ccc1OCc1ccccc1. The Morgan fingerprint density at radius 3 is 2.05 bits per heavy atom. The molecule has 0 fully saturated rings. The summed E-state index contributed by atoms with van der Waals surface area (Å²) in [6.07, 6.45) is 0.700. The van der Waals surface area contributed by atoms with Crippen LogP contribution in [-0.4, -0.2) is 31.0 Å². The molecular weight excluding hydrogens is 476 g/mol. The first-order chi connectivity index (χ1) is 18.7. The summed E-state index contributed by atoms with van der Waals surface area (Å²) in [4.78, 5) is 15.4. The Labute approximate surface area is 224 Å². The second-order valence-corrected chi connectivity index (χ2v) is 8.93. The largest absolute Gasteiger partial charge is 0.493 e. The summed E-state index contributed by atoms with van der Waals surface area (Å²) >= 11 is 0. The van der Waals surface area contributed by atoms with Crippen molar-refractivity contribution in [3.63, 3.8) is 0 Å². The van der Waals surface area contributed by atoms with Gasteiger partial charge in [0.2, 0.25) is 0 Å². The van der Waals surface area contributed by atoms with Gasteiger partial charge in [-0.15, -0.1) is 0 Å². The van der Waals surface area contributed by atoms with E-state index >= 15 is 0 Å². The van der Waals surface area contributed by atoms with Crippen LogP contribution in [0.3, 0.4) is 0 Å². The number of carbonyl (C=O) groups is 1. The smallest absolute Gasteiger partial charge is 0.254 e. The first kappa shape index (κ1) is 26.8. The van der Waals surface area contributed by atoms with Gasteiger partial charge in [-0.3, -0.25) is 4.79 Å². The fourth-order valence-electron chi connectivity index (χ4n) is 4.07. The average Bonchev–Trinajstić information content (AvgIpc) is 2.98. The van der Waals surface area contributed by atoms with Gasteiger partial charge in [-0.2, -0.15) is 0 Å².